The number of aromatic nitrogens is 1. The van der Waals surface area contributed by atoms with Crippen molar-refractivity contribution in [3.05, 3.63) is 131 Å². The van der Waals surface area contributed by atoms with E-state index in [2.05, 4.69) is 43.4 Å². The molecule has 214 valence electrons. The van der Waals surface area contributed by atoms with Crippen molar-refractivity contribution < 1.29 is 9.59 Å². The highest BCUT2D eigenvalue weighted by Gasteiger charge is 2.35. The summed E-state index contributed by atoms with van der Waals surface area (Å²) in [5.41, 5.74) is 6.56. The molecule has 2 amide bonds. The molecular weight excluding hydrogens is 552 g/mol. The van der Waals surface area contributed by atoms with E-state index in [1.54, 1.807) is 4.90 Å². The molecule has 0 aliphatic carbocycles. The highest BCUT2D eigenvalue weighted by Crippen LogP contribution is 2.38. The molecule has 1 aromatic heterocycles. The normalized spacial score (nSPS) is 15.1. The van der Waals surface area contributed by atoms with E-state index in [4.69, 9.17) is 4.99 Å². The number of carbonyl (C=O) groups excluding carboxylic acids is 2. The lowest BCUT2D eigenvalue weighted by molar-refractivity contribution is -0.116. The molecule has 0 bridgehead atoms. The number of carbonyl (C=O) groups is 2. The van der Waals surface area contributed by atoms with Gasteiger partial charge >= 0.3 is 0 Å². The quantitative estimate of drug-likeness (QED) is 0.187. The molecule has 1 fully saturated rings. The van der Waals surface area contributed by atoms with Gasteiger partial charge in [-0.2, -0.15) is 0 Å². The van der Waals surface area contributed by atoms with Gasteiger partial charge < -0.3 is 9.88 Å². The molecule has 4 aromatic carbocycles. The first kappa shape index (κ1) is 28.2. The molecule has 1 aliphatic rings. The fraction of sp³-hybridized carbons (Fsp3) is 0.139. The van der Waals surface area contributed by atoms with Gasteiger partial charge in [0, 0.05) is 28.4 Å². The second-order valence-electron chi connectivity index (χ2n) is 10.3. The number of hydrogen-bond donors (Lipinski definition) is 1. The van der Waals surface area contributed by atoms with Crippen LogP contribution in [0, 0.1) is 0 Å². The van der Waals surface area contributed by atoms with E-state index in [0.29, 0.717) is 10.1 Å². The number of para-hydroxylation sites is 2. The van der Waals surface area contributed by atoms with Gasteiger partial charge in [0.2, 0.25) is 5.91 Å². The topological polar surface area (TPSA) is 66.7 Å². The molecule has 1 N–H and O–H groups in total. The number of amidine groups is 1. The smallest absolute Gasteiger partial charge is 0.271 e. The van der Waals surface area contributed by atoms with E-state index in [-0.39, 0.29) is 18.4 Å². The number of rotatable bonds is 8. The van der Waals surface area contributed by atoms with Gasteiger partial charge in [-0.15, -0.1) is 0 Å². The molecule has 43 heavy (non-hydrogen) atoms. The van der Waals surface area contributed by atoms with Crippen molar-refractivity contribution in [2.24, 2.45) is 4.99 Å². The number of benzene rings is 4. The minimum atomic E-state index is -0.128. The zero-order valence-electron chi connectivity index (χ0n) is 24.2. The fourth-order valence-electron chi connectivity index (χ4n) is 5.11. The molecule has 0 unspecified atom stereocenters. The van der Waals surface area contributed by atoms with Crippen LogP contribution < -0.4 is 10.2 Å². The van der Waals surface area contributed by atoms with E-state index in [1.165, 1.54) is 22.9 Å². The van der Waals surface area contributed by atoms with Gasteiger partial charge in [-0.25, -0.2) is 4.99 Å². The number of amides is 2. The SMILES string of the molecule is CCc1ccc(N=C2S/C(=C\c3cn(CC(=O)Nc4ccccc4)c4ccccc34)C(=O)N2c2ccc(CC)cc2)cc1. The maximum Gasteiger partial charge on any atom is 0.271 e. The Kier molecular flexibility index (Phi) is 8.24. The van der Waals surface area contributed by atoms with Crippen LogP contribution in [-0.4, -0.2) is 21.5 Å². The molecule has 7 heteroatoms. The first-order valence-electron chi connectivity index (χ1n) is 14.5. The van der Waals surface area contributed by atoms with Crippen molar-refractivity contribution in [3.8, 4) is 0 Å². The van der Waals surface area contributed by atoms with Crippen LogP contribution >= 0.6 is 11.8 Å². The van der Waals surface area contributed by atoms with Gasteiger partial charge in [-0.1, -0.05) is 74.5 Å². The second-order valence-corrected chi connectivity index (χ2v) is 11.3. The van der Waals surface area contributed by atoms with Crippen LogP contribution in [0.1, 0.15) is 30.5 Å². The van der Waals surface area contributed by atoms with Crippen LogP contribution in [0.15, 0.2) is 119 Å². The number of aryl methyl sites for hydroxylation is 2. The van der Waals surface area contributed by atoms with E-state index >= 15 is 0 Å². The summed E-state index contributed by atoms with van der Waals surface area (Å²) in [5.74, 6) is -0.250. The van der Waals surface area contributed by atoms with Gasteiger partial charge in [-0.3, -0.25) is 14.5 Å². The van der Waals surface area contributed by atoms with Crippen LogP contribution in [0.4, 0.5) is 17.1 Å². The summed E-state index contributed by atoms with van der Waals surface area (Å²) < 4.78 is 1.93. The van der Waals surface area contributed by atoms with Gasteiger partial charge in [-0.05, 0) is 84.3 Å². The number of aliphatic imine (C=N–C) groups is 1. The molecule has 2 heterocycles. The average molecular weight is 585 g/mol. The minimum Gasteiger partial charge on any atom is -0.337 e. The molecular formula is C36H32N4O2S. The van der Waals surface area contributed by atoms with Crippen molar-refractivity contribution in [1.29, 1.82) is 0 Å². The largest absolute Gasteiger partial charge is 0.337 e. The monoisotopic (exact) mass is 584 g/mol. The predicted octanol–water partition coefficient (Wildman–Crippen LogP) is 8.21. The Morgan fingerprint density at radius 3 is 2.19 bits per heavy atom. The Labute approximate surface area is 255 Å². The zero-order valence-corrected chi connectivity index (χ0v) is 25.0. The Morgan fingerprint density at radius 1 is 0.837 bits per heavy atom. The number of anilines is 2. The van der Waals surface area contributed by atoms with E-state index in [1.807, 2.05) is 95.7 Å². The maximum absolute atomic E-state index is 14.0. The molecule has 1 saturated heterocycles. The molecule has 0 spiro atoms. The van der Waals surface area contributed by atoms with Crippen molar-refractivity contribution in [3.63, 3.8) is 0 Å². The molecule has 0 saturated carbocycles. The van der Waals surface area contributed by atoms with Crippen LogP contribution in [0.3, 0.4) is 0 Å². The van der Waals surface area contributed by atoms with Gasteiger partial charge in [0.1, 0.15) is 6.54 Å². The molecule has 1 aliphatic heterocycles. The number of nitrogens with zero attached hydrogens (tertiary/aromatic N) is 3. The summed E-state index contributed by atoms with van der Waals surface area (Å²) in [4.78, 5) is 34.0. The summed E-state index contributed by atoms with van der Waals surface area (Å²) in [5, 5.41) is 4.53. The predicted molar refractivity (Wildman–Crippen MR) is 179 cm³/mol. The molecule has 6 rings (SSSR count). The average Bonchev–Trinajstić information content (AvgIpc) is 3.54. The summed E-state index contributed by atoms with van der Waals surface area (Å²) in [6.45, 7) is 4.38. The maximum atomic E-state index is 14.0. The van der Waals surface area contributed by atoms with Crippen molar-refractivity contribution >= 4 is 62.8 Å². The lowest BCUT2D eigenvalue weighted by Gasteiger charge is -2.16. The molecule has 5 aromatic rings. The Hall–Kier alpha value is -4.88. The third-order valence-corrected chi connectivity index (χ3v) is 8.42. The highest BCUT2D eigenvalue weighted by molar-refractivity contribution is 8.19. The van der Waals surface area contributed by atoms with Crippen LogP contribution in [-0.2, 0) is 29.0 Å². The van der Waals surface area contributed by atoms with Crippen molar-refractivity contribution in [2.75, 3.05) is 10.2 Å². The highest BCUT2D eigenvalue weighted by atomic mass is 32.2. The fourth-order valence-corrected chi connectivity index (χ4v) is 6.10. The zero-order chi connectivity index (χ0) is 29.8. The number of fused-ring (bicyclic) bond motifs is 1. The Bertz CT molecular complexity index is 1840. The lowest BCUT2D eigenvalue weighted by Crippen LogP contribution is -2.28. The molecule has 0 atom stereocenters. The van der Waals surface area contributed by atoms with Crippen LogP contribution in [0.5, 0.6) is 0 Å². The number of hydrogen-bond acceptors (Lipinski definition) is 4. The third kappa shape index (κ3) is 6.17. The number of nitrogens with one attached hydrogen (secondary N) is 1. The number of thioether (sulfide) groups is 1. The first-order chi connectivity index (χ1) is 21.0. The van der Waals surface area contributed by atoms with Gasteiger partial charge in [0.15, 0.2) is 5.17 Å². The summed E-state index contributed by atoms with van der Waals surface area (Å²) in [7, 11) is 0. The van der Waals surface area contributed by atoms with E-state index in [9.17, 15) is 9.59 Å². The lowest BCUT2D eigenvalue weighted by atomic mass is 10.1. The summed E-state index contributed by atoms with van der Waals surface area (Å²) in [6, 6.07) is 33.5. The summed E-state index contributed by atoms with van der Waals surface area (Å²) in [6.07, 6.45) is 5.73. The summed E-state index contributed by atoms with van der Waals surface area (Å²) >= 11 is 1.36. The Balaban J connectivity index is 1.35. The van der Waals surface area contributed by atoms with Crippen LogP contribution in [0.25, 0.3) is 17.0 Å². The van der Waals surface area contributed by atoms with E-state index < -0.39 is 0 Å². The Morgan fingerprint density at radius 2 is 1.49 bits per heavy atom. The molecule has 0 radical (unpaired) electrons. The van der Waals surface area contributed by atoms with Crippen molar-refractivity contribution in [2.45, 2.75) is 33.2 Å². The van der Waals surface area contributed by atoms with Crippen LogP contribution in [0.2, 0.25) is 0 Å². The first-order valence-corrected chi connectivity index (χ1v) is 15.3. The van der Waals surface area contributed by atoms with Gasteiger partial charge in [0.25, 0.3) is 5.91 Å². The van der Waals surface area contributed by atoms with Gasteiger partial charge in [0.05, 0.1) is 16.3 Å². The third-order valence-electron chi connectivity index (χ3n) is 7.46. The minimum absolute atomic E-state index is 0.123. The van der Waals surface area contributed by atoms with Crippen molar-refractivity contribution in [1.82, 2.24) is 4.57 Å². The molecule has 6 nitrogen and oxygen atoms in total. The van der Waals surface area contributed by atoms with E-state index in [0.717, 1.165) is 46.4 Å². The second kappa shape index (κ2) is 12.5. The standard InChI is InChI=1S/C36H32N4O2S/c1-3-25-14-18-29(19-15-25)38-36-40(30-20-16-26(4-2)17-21-30)35(42)33(43-36)22-27-23-39(32-13-9-8-12-31(27)32)24-34(41)37-28-10-6-5-7-11-28/h5-23H,3-4,24H2,1-2H3,(H,37,41)/b33-22-,38-36?.